The minimum Gasteiger partial charge on any atom is -0.292 e. The quantitative estimate of drug-likeness (QED) is 0.240. The first-order valence-electron chi connectivity index (χ1n) is 11.0. The summed E-state index contributed by atoms with van der Waals surface area (Å²) in [5, 5.41) is 13.0. The average molecular weight is 518 g/mol. The van der Waals surface area contributed by atoms with E-state index < -0.39 is 46.8 Å². The van der Waals surface area contributed by atoms with Crippen LogP contribution < -0.4 is 0 Å². The molecule has 2 aromatic rings. The molecule has 9 nitrogen and oxygen atoms in total. The number of nitro groups is 1. The van der Waals surface area contributed by atoms with E-state index in [2.05, 4.69) is 0 Å². The molecule has 1 aliphatic carbocycles. The number of fused-ring (bicyclic) bond motifs is 1. The Labute approximate surface area is 210 Å². The Morgan fingerprint density at radius 2 is 1.71 bits per heavy atom. The first kappa shape index (κ1) is 24.8. The van der Waals surface area contributed by atoms with E-state index >= 15 is 0 Å². The van der Waals surface area contributed by atoms with E-state index in [0.717, 1.165) is 28.6 Å². The Morgan fingerprint density at radius 1 is 1.06 bits per heavy atom. The van der Waals surface area contributed by atoms with Gasteiger partial charge in [-0.3, -0.25) is 29.3 Å². The van der Waals surface area contributed by atoms with E-state index in [0.29, 0.717) is 17.9 Å². The van der Waals surface area contributed by atoms with Gasteiger partial charge in [-0.15, -0.1) is 0 Å². The summed E-state index contributed by atoms with van der Waals surface area (Å²) >= 11 is 12.1. The van der Waals surface area contributed by atoms with Crippen molar-refractivity contribution in [1.82, 2.24) is 10.0 Å². The molecule has 0 spiro atoms. The molecule has 0 aromatic heterocycles. The molecular weight excluding hydrogens is 497 g/mol. The van der Waals surface area contributed by atoms with Crippen LogP contribution >= 0.6 is 23.2 Å². The van der Waals surface area contributed by atoms with Gasteiger partial charge in [0.2, 0.25) is 0 Å². The lowest BCUT2D eigenvalue weighted by Crippen LogP contribution is -2.52. The number of hydrogen-bond donors (Lipinski definition) is 0. The minimum atomic E-state index is -0.813. The third kappa shape index (κ3) is 4.78. The smallest absolute Gasteiger partial charge is 0.273 e. The molecular formula is C24H21Cl2N3O6. The van der Waals surface area contributed by atoms with Gasteiger partial charge in [-0.25, -0.2) is 5.01 Å². The van der Waals surface area contributed by atoms with Crippen LogP contribution in [0.1, 0.15) is 46.9 Å². The molecule has 1 saturated heterocycles. The van der Waals surface area contributed by atoms with Crippen molar-refractivity contribution in [1.29, 1.82) is 0 Å². The van der Waals surface area contributed by atoms with Gasteiger partial charge in [0, 0.05) is 28.3 Å². The first-order chi connectivity index (χ1) is 16.6. The number of hydrogen-bond acceptors (Lipinski definition) is 6. The van der Waals surface area contributed by atoms with Gasteiger partial charge in [-0.1, -0.05) is 30.1 Å². The molecule has 4 rings (SSSR count). The lowest BCUT2D eigenvalue weighted by Gasteiger charge is -2.30. The molecule has 2 aromatic carbocycles. The molecule has 0 radical (unpaired) electrons. The summed E-state index contributed by atoms with van der Waals surface area (Å²) in [5.74, 6) is -3.35. The predicted octanol–water partition coefficient (Wildman–Crippen LogP) is 4.56. The molecule has 0 N–H and O–H groups in total. The fourth-order valence-electron chi connectivity index (χ4n) is 4.65. The number of hydrazine groups is 1. The molecule has 1 saturated carbocycles. The summed E-state index contributed by atoms with van der Waals surface area (Å²) in [5.41, 5.74) is -0.178. The molecule has 3 amide bonds. The highest BCUT2D eigenvalue weighted by Gasteiger charge is 2.52. The fraction of sp³-hybridized carbons (Fsp3) is 0.333. The van der Waals surface area contributed by atoms with Crippen molar-refractivity contribution in [2.75, 3.05) is 6.54 Å². The Hall–Kier alpha value is -3.30. The zero-order valence-corrected chi connectivity index (χ0v) is 20.2. The minimum absolute atomic E-state index is 0.0190. The summed E-state index contributed by atoms with van der Waals surface area (Å²) < 4.78 is 0. The summed E-state index contributed by atoms with van der Waals surface area (Å²) in [7, 11) is 0. The number of ketones is 1. The van der Waals surface area contributed by atoms with Crippen molar-refractivity contribution in [3.05, 3.63) is 73.8 Å². The van der Waals surface area contributed by atoms with Gasteiger partial charge >= 0.3 is 0 Å². The number of nitro benzene ring substituents is 1. The van der Waals surface area contributed by atoms with E-state index in [9.17, 15) is 29.3 Å². The predicted molar refractivity (Wildman–Crippen MR) is 127 cm³/mol. The van der Waals surface area contributed by atoms with E-state index in [1.807, 2.05) is 6.92 Å². The Morgan fingerprint density at radius 3 is 2.34 bits per heavy atom. The van der Waals surface area contributed by atoms with Crippen LogP contribution in [0.2, 0.25) is 10.0 Å². The second kappa shape index (κ2) is 9.75. The third-order valence-corrected chi connectivity index (χ3v) is 7.04. The number of rotatable bonds is 6. The lowest BCUT2D eigenvalue weighted by molar-refractivity contribution is -0.384. The van der Waals surface area contributed by atoms with Gasteiger partial charge in [0.05, 0.1) is 21.8 Å². The van der Waals surface area contributed by atoms with Crippen molar-refractivity contribution in [3.8, 4) is 0 Å². The van der Waals surface area contributed by atoms with Crippen molar-refractivity contribution < 1.29 is 24.1 Å². The molecule has 11 heteroatoms. The maximum atomic E-state index is 13.5. The first-order valence-corrected chi connectivity index (χ1v) is 11.8. The maximum absolute atomic E-state index is 13.5. The molecule has 182 valence electrons. The van der Waals surface area contributed by atoms with Gasteiger partial charge in [0.1, 0.15) is 6.54 Å². The van der Waals surface area contributed by atoms with Crippen LogP contribution in [-0.2, 0) is 9.59 Å². The number of carbonyl (C=O) groups is 4. The van der Waals surface area contributed by atoms with Crippen LogP contribution in [0, 0.1) is 27.9 Å². The van der Waals surface area contributed by atoms with Gasteiger partial charge < -0.3 is 0 Å². The second-order valence-electron chi connectivity index (χ2n) is 8.83. The number of halogens is 2. The van der Waals surface area contributed by atoms with E-state index in [1.165, 1.54) is 30.3 Å². The highest BCUT2D eigenvalue weighted by atomic mass is 35.5. The topological polar surface area (TPSA) is 118 Å². The molecule has 0 unspecified atom stereocenters. The highest BCUT2D eigenvalue weighted by molar-refractivity contribution is 6.37. The van der Waals surface area contributed by atoms with E-state index in [-0.39, 0.29) is 27.8 Å². The van der Waals surface area contributed by atoms with Crippen LogP contribution in [0.4, 0.5) is 5.69 Å². The lowest BCUT2D eigenvalue weighted by atomic mass is 9.76. The van der Waals surface area contributed by atoms with Crippen molar-refractivity contribution in [2.45, 2.75) is 26.2 Å². The summed E-state index contributed by atoms with van der Waals surface area (Å²) in [4.78, 5) is 63.6. The second-order valence-corrected chi connectivity index (χ2v) is 9.68. The standard InChI is InChI=1S/C24H21Cl2N3O6/c1-13-2-8-17-19(10-13)24(33)28(23(17)32)27(12-21(30)18-9-5-15(25)11-20(18)26)22(31)14-3-6-16(7-4-14)29(34)35/h3-7,9,11,13,17,19H,2,8,10,12H2,1H3/t13-,17+,19+/m1/s1. The number of non-ortho nitro benzene ring substituents is 1. The van der Waals surface area contributed by atoms with Crippen LogP contribution in [-0.4, -0.2) is 45.0 Å². The SMILES string of the molecule is C[C@@H]1CC[C@@H]2C(=O)N(N(CC(=O)c3ccc(Cl)cc3Cl)C(=O)c3ccc([N+](=O)[O-])cc3)C(=O)[C@H]2C1. The van der Waals surface area contributed by atoms with Crippen molar-refractivity contribution in [3.63, 3.8) is 0 Å². The van der Waals surface area contributed by atoms with Crippen LogP contribution in [0.5, 0.6) is 0 Å². The van der Waals surface area contributed by atoms with Crippen LogP contribution in [0.15, 0.2) is 42.5 Å². The summed E-state index contributed by atoms with van der Waals surface area (Å²) in [6, 6.07) is 8.94. The normalized spacial score (nSPS) is 21.6. The molecule has 1 aliphatic heterocycles. The molecule has 35 heavy (non-hydrogen) atoms. The Balaban J connectivity index is 1.71. The summed E-state index contributed by atoms with van der Waals surface area (Å²) in [6.45, 7) is 1.37. The number of nitrogens with zero attached hydrogens (tertiary/aromatic N) is 3. The number of Topliss-reactive ketones (excluding diaryl/α,β-unsaturated/α-hetero) is 1. The fourth-order valence-corrected chi connectivity index (χ4v) is 5.17. The number of imide groups is 1. The van der Waals surface area contributed by atoms with Gasteiger partial charge in [-0.2, -0.15) is 5.01 Å². The monoisotopic (exact) mass is 517 g/mol. The van der Waals surface area contributed by atoms with Crippen molar-refractivity contribution in [2.24, 2.45) is 17.8 Å². The van der Waals surface area contributed by atoms with Crippen molar-refractivity contribution >= 4 is 52.4 Å². The molecule has 2 fully saturated rings. The molecule has 1 heterocycles. The largest absolute Gasteiger partial charge is 0.292 e. The third-order valence-electron chi connectivity index (χ3n) is 6.49. The zero-order valence-electron chi connectivity index (χ0n) is 18.6. The number of benzene rings is 2. The van der Waals surface area contributed by atoms with Crippen LogP contribution in [0.25, 0.3) is 0 Å². The maximum Gasteiger partial charge on any atom is 0.273 e. The van der Waals surface area contributed by atoms with Gasteiger partial charge in [-0.05, 0) is 55.5 Å². The average Bonchev–Trinajstić information content (AvgIpc) is 3.06. The van der Waals surface area contributed by atoms with E-state index in [4.69, 9.17) is 23.2 Å². The number of amides is 3. The molecule has 3 atom stereocenters. The Kier molecular flexibility index (Phi) is 6.91. The van der Waals surface area contributed by atoms with Crippen LogP contribution in [0.3, 0.4) is 0 Å². The molecule has 2 aliphatic rings. The number of carbonyl (C=O) groups excluding carboxylic acids is 4. The zero-order chi connectivity index (χ0) is 25.4. The summed E-state index contributed by atoms with van der Waals surface area (Å²) in [6.07, 6.45) is 1.81. The molecule has 0 bridgehead atoms. The Bertz CT molecular complexity index is 1230. The van der Waals surface area contributed by atoms with Gasteiger partial charge in [0.25, 0.3) is 23.4 Å². The highest BCUT2D eigenvalue weighted by Crippen LogP contribution is 2.41. The van der Waals surface area contributed by atoms with Gasteiger partial charge in [0.15, 0.2) is 5.78 Å². The van der Waals surface area contributed by atoms with E-state index in [1.54, 1.807) is 0 Å².